The first-order chi connectivity index (χ1) is 31.4. The van der Waals surface area contributed by atoms with Gasteiger partial charge in [-0.3, -0.25) is 0 Å². The molecule has 8 aromatic rings. The van der Waals surface area contributed by atoms with Crippen molar-refractivity contribution in [3.63, 3.8) is 0 Å². The number of rotatable bonds is 13. The second kappa shape index (κ2) is 18.7. The maximum Gasteiger partial charge on any atom is 0.161 e. The summed E-state index contributed by atoms with van der Waals surface area (Å²) in [4.78, 5) is 0. The molecule has 0 bridgehead atoms. The molecule has 0 fully saturated rings. The maximum absolute atomic E-state index is 10.3. The van der Waals surface area contributed by atoms with Gasteiger partial charge in [-0.05, 0) is 103 Å². The summed E-state index contributed by atoms with van der Waals surface area (Å²) in [7, 11) is 9.76. The average Bonchev–Trinajstić information content (AvgIpc) is 3.35. The van der Waals surface area contributed by atoms with Gasteiger partial charge in [0.2, 0.25) is 0 Å². The Morgan fingerprint density at radius 2 is 0.781 bits per heavy atom. The smallest absolute Gasteiger partial charge is 0.161 e. The van der Waals surface area contributed by atoms with Gasteiger partial charge in [-0.25, -0.2) is 0 Å². The number of benzene rings is 8. The van der Waals surface area contributed by atoms with Crippen molar-refractivity contribution in [2.75, 3.05) is 42.7 Å². The summed E-state index contributed by atoms with van der Waals surface area (Å²) in [6.45, 7) is 0. The van der Waals surface area contributed by atoms with E-state index < -0.39 is 0 Å². The molecule has 0 saturated carbocycles. The summed E-state index contributed by atoms with van der Waals surface area (Å²) >= 11 is 0. The van der Waals surface area contributed by atoms with Gasteiger partial charge in [0.15, 0.2) is 23.0 Å². The molecule has 0 spiro atoms. The molecule has 0 aromatic heterocycles. The van der Waals surface area contributed by atoms with Crippen LogP contribution in [-0.2, 0) is 0 Å². The van der Waals surface area contributed by atoms with Gasteiger partial charge in [0.25, 0.3) is 0 Å². The fourth-order valence-corrected chi connectivity index (χ4v) is 8.24. The lowest BCUT2D eigenvalue weighted by atomic mass is 9.86. The zero-order chi connectivity index (χ0) is 44.7. The molecular formula is C56H44N2O6. The van der Waals surface area contributed by atoms with E-state index in [0.717, 1.165) is 77.2 Å². The first-order valence-electron chi connectivity index (χ1n) is 20.5. The van der Waals surface area contributed by atoms with Crippen molar-refractivity contribution in [1.29, 1.82) is 10.5 Å². The fraction of sp³-hybridized carbons (Fsp3) is 0.107. The molecule has 8 heteroatoms. The van der Waals surface area contributed by atoms with E-state index in [9.17, 15) is 10.5 Å². The average molecular weight is 841 g/mol. The third kappa shape index (κ3) is 8.04. The highest BCUT2D eigenvalue weighted by Gasteiger charge is 2.25. The third-order valence-corrected chi connectivity index (χ3v) is 11.4. The predicted molar refractivity (Wildman–Crippen MR) is 257 cm³/mol. The van der Waals surface area contributed by atoms with E-state index in [1.54, 1.807) is 42.7 Å². The maximum atomic E-state index is 10.3. The molecule has 314 valence electrons. The fourth-order valence-electron chi connectivity index (χ4n) is 8.24. The molecule has 8 nitrogen and oxygen atoms in total. The molecule has 0 saturated heterocycles. The third-order valence-electron chi connectivity index (χ3n) is 11.4. The second-order valence-corrected chi connectivity index (χ2v) is 14.8. The Labute approximate surface area is 373 Å². The molecule has 64 heavy (non-hydrogen) atoms. The molecule has 0 aliphatic heterocycles. The number of hydrogen-bond donors (Lipinski definition) is 0. The Balaban J connectivity index is 1.25. The van der Waals surface area contributed by atoms with Crippen molar-refractivity contribution in [2.45, 2.75) is 0 Å². The van der Waals surface area contributed by atoms with Gasteiger partial charge < -0.3 is 28.4 Å². The van der Waals surface area contributed by atoms with Crippen LogP contribution in [0.3, 0.4) is 0 Å². The Kier molecular flexibility index (Phi) is 12.3. The van der Waals surface area contributed by atoms with Gasteiger partial charge in [-0.15, -0.1) is 0 Å². The van der Waals surface area contributed by atoms with Crippen LogP contribution in [0.4, 0.5) is 0 Å². The summed E-state index contributed by atoms with van der Waals surface area (Å²) in [5, 5.41) is 24.6. The molecule has 0 unspecified atom stereocenters. The van der Waals surface area contributed by atoms with Crippen molar-refractivity contribution >= 4 is 44.8 Å². The van der Waals surface area contributed by atoms with Crippen LogP contribution in [0.25, 0.3) is 78.2 Å². The highest BCUT2D eigenvalue weighted by atomic mass is 16.5. The Hall–Kier alpha value is -8.46. The summed E-state index contributed by atoms with van der Waals surface area (Å²) in [5.74, 6) is 3.77. The highest BCUT2D eigenvalue weighted by Crippen LogP contribution is 2.52. The topological polar surface area (TPSA) is 103 Å². The van der Waals surface area contributed by atoms with Crippen LogP contribution < -0.4 is 28.4 Å². The molecule has 0 amide bonds. The van der Waals surface area contributed by atoms with Crippen molar-refractivity contribution in [3.8, 4) is 80.0 Å². The number of nitriles is 2. The lowest BCUT2D eigenvalue weighted by molar-refractivity contribution is 0.355. The predicted octanol–water partition coefficient (Wildman–Crippen LogP) is 13.2. The van der Waals surface area contributed by atoms with E-state index in [2.05, 4.69) is 48.5 Å². The molecule has 0 atom stereocenters. The zero-order valence-corrected chi connectivity index (χ0v) is 36.4. The lowest BCUT2D eigenvalue weighted by Crippen LogP contribution is -1.99. The Morgan fingerprint density at radius 3 is 1.12 bits per heavy atom. The van der Waals surface area contributed by atoms with E-state index in [1.807, 2.05) is 121 Å². The van der Waals surface area contributed by atoms with Crippen molar-refractivity contribution in [1.82, 2.24) is 0 Å². The van der Waals surface area contributed by atoms with E-state index in [1.165, 1.54) is 0 Å². The molecule has 0 N–H and O–H groups in total. The second-order valence-electron chi connectivity index (χ2n) is 14.8. The molecule has 0 radical (unpaired) electrons. The van der Waals surface area contributed by atoms with Crippen LogP contribution in [0.1, 0.15) is 22.3 Å². The lowest BCUT2D eigenvalue weighted by Gasteiger charge is -2.23. The van der Waals surface area contributed by atoms with Crippen LogP contribution in [0.5, 0.6) is 34.5 Å². The molecule has 8 rings (SSSR count). The van der Waals surface area contributed by atoms with E-state index >= 15 is 0 Å². The SMILES string of the molecule is COc1ccc(/C=C(\C#N)c2ccc(-c3cc4ccccc4c(-c4c(OC)c(-c5ccc(/C(C#N)=C/c6ccc(OC)c(OC)c6)cc5)cc5ccccc45)c3OC)cc2)cc1OC. The number of ether oxygens (including phenoxy) is 6. The summed E-state index contributed by atoms with van der Waals surface area (Å²) in [6, 6.07) is 52.7. The Bertz CT molecular complexity index is 2970. The minimum absolute atomic E-state index is 0.503. The van der Waals surface area contributed by atoms with Gasteiger partial charge in [0, 0.05) is 22.3 Å². The molecule has 0 aliphatic carbocycles. The molecule has 8 aromatic carbocycles. The van der Waals surface area contributed by atoms with Crippen molar-refractivity contribution < 1.29 is 28.4 Å². The van der Waals surface area contributed by atoms with E-state index in [0.29, 0.717) is 45.6 Å². The number of nitrogens with zero attached hydrogens (tertiary/aromatic N) is 2. The van der Waals surface area contributed by atoms with Gasteiger partial charge in [0.1, 0.15) is 11.5 Å². The van der Waals surface area contributed by atoms with Gasteiger partial charge in [-0.2, -0.15) is 10.5 Å². The van der Waals surface area contributed by atoms with Crippen molar-refractivity contribution in [2.24, 2.45) is 0 Å². The van der Waals surface area contributed by atoms with E-state index in [4.69, 9.17) is 28.4 Å². The van der Waals surface area contributed by atoms with Crippen LogP contribution in [0.2, 0.25) is 0 Å². The number of hydrogen-bond acceptors (Lipinski definition) is 8. The summed E-state index contributed by atoms with van der Waals surface area (Å²) < 4.78 is 34.7. The molecule has 0 heterocycles. The standard InChI is InChI=1S/C56H44N2O6/c1-59-49-25-15-35(29-51(49)61-3)27-43(33-57)37-17-21-39(22-18-37)47-31-41-11-7-9-13-45(41)53(55(47)63-5)54-46-14-10-8-12-42(46)32-48(56(54)64-6)40-23-19-38(20-24-40)44(34-58)28-36-16-26-50(60-2)52(30-36)62-4/h7-32H,1-6H3/b43-27+,44-28+. The van der Waals surface area contributed by atoms with Gasteiger partial charge >= 0.3 is 0 Å². The van der Waals surface area contributed by atoms with Crippen LogP contribution in [0, 0.1) is 22.7 Å². The largest absolute Gasteiger partial charge is 0.495 e. The van der Waals surface area contributed by atoms with Gasteiger partial charge in [-0.1, -0.05) is 109 Å². The summed E-state index contributed by atoms with van der Waals surface area (Å²) in [5.41, 5.74) is 9.56. The quantitative estimate of drug-likeness (QED) is 0.0835. The highest BCUT2D eigenvalue weighted by molar-refractivity contribution is 6.14. The number of methoxy groups -OCH3 is 6. The van der Waals surface area contributed by atoms with Crippen LogP contribution in [-0.4, -0.2) is 42.7 Å². The molecular weight excluding hydrogens is 797 g/mol. The minimum Gasteiger partial charge on any atom is -0.495 e. The van der Waals surface area contributed by atoms with Gasteiger partial charge in [0.05, 0.1) is 65.9 Å². The Morgan fingerprint density at radius 1 is 0.406 bits per heavy atom. The first kappa shape index (κ1) is 42.2. The zero-order valence-electron chi connectivity index (χ0n) is 36.4. The normalized spacial score (nSPS) is 11.4. The molecule has 0 aliphatic rings. The van der Waals surface area contributed by atoms with E-state index in [-0.39, 0.29) is 0 Å². The first-order valence-corrected chi connectivity index (χ1v) is 20.5. The monoisotopic (exact) mass is 840 g/mol. The number of fused-ring (bicyclic) bond motifs is 2. The van der Waals surface area contributed by atoms with Crippen LogP contribution >= 0.6 is 0 Å². The van der Waals surface area contributed by atoms with Crippen molar-refractivity contribution in [3.05, 3.63) is 168 Å². The summed E-state index contributed by atoms with van der Waals surface area (Å²) in [6.07, 6.45) is 3.67. The minimum atomic E-state index is 0.503. The number of allylic oxidation sites excluding steroid dienone is 2. The van der Waals surface area contributed by atoms with Crippen LogP contribution in [0.15, 0.2) is 146 Å².